The summed E-state index contributed by atoms with van der Waals surface area (Å²) in [4.78, 5) is 12.0. The summed E-state index contributed by atoms with van der Waals surface area (Å²) < 4.78 is 0.763. The van der Waals surface area contributed by atoms with Crippen LogP contribution in [-0.4, -0.2) is 17.6 Å². The third-order valence-corrected chi connectivity index (χ3v) is 3.48. The van der Waals surface area contributed by atoms with E-state index in [2.05, 4.69) is 27.3 Å². The molecule has 0 aliphatic carbocycles. The number of amides is 1. The van der Waals surface area contributed by atoms with Crippen molar-refractivity contribution >= 4 is 21.8 Å². The smallest absolute Gasteiger partial charge is 0.255 e. The van der Waals surface area contributed by atoms with Crippen LogP contribution in [0.5, 0.6) is 5.75 Å². The van der Waals surface area contributed by atoms with Gasteiger partial charge in [-0.25, -0.2) is 0 Å². The van der Waals surface area contributed by atoms with Crippen molar-refractivity contribution in [1.82, 2.24) is 5.32 Å². The zero-order valence-corrected chi connectivity index (χ0v) is 12.8. The molecule has 2 aromatic rings. The number of aryl methyl sites for hydroxylation is 1. The van der Waals surface area contributed by atoms with Crippen LogP contribution in [0.2, 0.25) is 0 Å². The molecule has 2 aromatic carbocycles. The molecule has 4 heteroatoms. The summed E-state index contributed by atoms with van der Waals surface area (Å²) >= 11 is 3.29. The molecule has 0 fully saturated rings. The molecule has 3 nitrogen and oxygen atoms in total. The van der Waals surface area contributed by atoms with Crippen molar-refractivity contribution in [3.05, 3.63) is 63.6 Å². The van der Waals surface area contributed by atoms with E-state index in [1.165, 1.54) is 17.2 Å². The molecule has 0 atom stereocenters. The number of hydrogen-bond acceptors (Lipinski definition) is 2. The maximum Gasteiger partial charge on any atom is 0.255 e. The van der Waals surface area contributed by atoms with Crippen molar-refractivity contribution in [2.45, 2.75) is 13.3 Å². The number of phenols is 1. The Morgan fingerprint density at radius 3 is 2.80 bits per heavy atom. The highest BCUT2D eigenvalue weighted by atomic mass is 79.9. The Hall–Kier alpha value is -1.81. The summed E-state index contributed by atoms with van der Waals surface area (Å²) in [5, 5.41) is 12.5. The molecule has 0 saturated heterocycles. The number of aromatic hydroxyl groups is 1. The summed E-state index contributed by atoms with van der Waals surface area (Å²) in [6.45, 7) is 2.58. The minimum atomic E-state index is -0.267. The first-order chi connectivity index (χ1) is 9.56. The number of benzene rings is 2. The summed E-state index contributed by atoms with van der Waals surface area (Å²) in [6, 6.07) is 13.0. The van der Waals surface area contributed by atoms with E-state index in [-0.39, 0.29) is 17.2 Å². The van der Waals surface area contributed by atoms with E-state index in [1.807, 2.05) is 25.1 Å². The lowest BCUT2D eigenvalue weighted by Crippen LogP contribution is -2.25. The Morgan fingerprint density at radius 2 is 2.05 bits per heavy atom. The highest BCUT2D eigenvalue weighted by Crippen LogP contribution is 2.21. The number of rotatable bonds is 4. The zero-order chi connectivity index (χ0) is 14.5. The molecule has 0 bridgehead atoms. The van der Waals surface area contributed by atoms with Gasteiger partial charge >= 0.3 is 0 Å². The van der Waals surface area contributed by atoms with Crippen LogP contribution in [0.4, 0.5) is 0 Å². The molecule has 0 aliphatic heterocycles. The average Bonchev–Trinajstić information content (AvgIpc) is 2.41. The van der Waals surface area contributed by atoms with Crippen LogP contribution in [0.15, 0.2) is 46.9 Å². The first-order valence-corrected chi connectivity index (χ1v) is 7.18. The molecule has 0 saturated carbocycles. The van der Waals surface area contributed by atoms with Crippen LogP contribution in [0.1, 0.15) is 21.5 Å². The van der Waals surface area contributed by atoms with Crippen LogP contribution in [0, 0.1) is 6.92 Å². The molecule has 0 aromatic heterocycles. The fourth-order valence-corrected chi connectivity index (χ4v) is 2.33. The normalized spacial score (nSPS) is 10.3. The molecule has 0 unspecified atom stereocenters. The standard InChI is InChI=1S/C16H16BrNO2/c1-11-3-2-4-12(9-11)7-8-18-16(20)14-10-13(17)5-6-15(14)19/h2-6,9-10,19H,7-8H2,1H3,(H,18,20). The third kappa shape index (κ3) is 3.84. The fourth-order valence-electron chi connectivity index (χ4n) is 1.97. The van der Waals surface area contributed by atoms with Crippen LogP contribution >= 0.6 is 15.9 Å². The molecule has 20 heavy (non-hydrogen) atoms. The van der Waals surface area contributed by atoms with E-state index in [0.717, 1.165) is 10.9 Å². The fraction of sp³-hybridized carbons (Fsp3) is 0.188. The maximum absolute atomic E-state index is 12.0. The highest BCUT2D eigenvalue weighted by molar-refractivity contribution is 9.10. The number of carbonyl (C=O) groups is 1. The van der Waals surface area contributed by atoms with Gasteiger partial charge in [0.25, 0.3) is 5.91 Å². The van der Waals surface area contributed by atoms with Crippen LogP contribution < -0.4 is 5.32 Å². The summed E-state index contributed by atoms with van der Waals surface area (Å²) in [5.74, 6) is -0.280. The molecule has 2 rings (SSSR count). The Balaban J connectivity index is 1.94. The quantitative estimate of drug-likeness (QED) is 0.900. The lowest BCUT2D eigenvalue weighted by molar-refractivity contribution is 0.0951. The predicted molar refractivity (Wildman–Crippen MR) is 83.0 cm³/mol. The van der Waals surface area contributed by atoms with Gasteiger partial charge in [-0.15, -0.1) is 0 Å². The zero-order valence-electron chi connectivity index (χ0n) is 11.2. The van der Waals surface area contributed by atoms with Gasteiger partial charge in [0, 0.05) is 11.0 Å². The summed E-state index contributed by atoms with van der Waals surface area (Å²) in [7, 11) is 0. The second kappa shape index (κ2) is 6.57. The Labute approximate surface area is 126 Å². The molecule has 2 N–H and O–H groups in total. The molecule has 0 radical (unpaired) electrons. The van der Waals surface area contributed by atoms with Crippen molar-refractivity contribution in [3.8, 4) is 5.75 Å². The van der Waals surface area contributed by atoms with Gasteiger partial charge in [-0.2, -0.15) is 0 Å². The second-order valence-corrected chi connectivity index (χ2v) is 5.57. The van der Waals surface area contributed by atoms with Gasteiger partial charge in [0.1, 0.15) is 5.75 Å². The Bertz CT molecular complexity index is 626. The number of hydrogen-bond donors (Lipinski definition) is 2. The highest BCUT2D eigenvalue weighted by Gasteiger charge is 2.10. The average molecular weight is 334 g/mol. The number of phenolic OH excluding ortho intramolecular Hbond substituents is 1. The topological polar surface area (TPSA) is 49.3 Å². The van der Waals surface area contributed by atoms with E-state index in [4.69, 9.17) is 0 Å². The number of carbonyl (C=O) groups excluding carboxylic acids is 1. The third-order valence-electron chi connectivity index (χ3n) is 2.98. The van der Waals surface area contributed by atoms with Gasteiger partial charge in [0.2, 0.25) is 0 Å². The van der Waals surface area contributed by atoms with E-state index in [1.54, 1.807) is 12.1 Å². The van der Waals surface area contributed by atoms with Gasteiger partial charge in [0.05, 0.1) is 5.56 Å². The first kappa shape index (κ1) is 14.6. The largest absolute Gasteiger partial charge is 0.507 e. The van der Waals surface area contributed by atoms with E-state index in [0.29, 0.717) is 6.54 Å². The summed E-state index contributed by atoms with van der Waals surface area (Å²) in [5.41, 5.74) is 2.67. The number of nitrogens with one attached hydrogen (secondary N) is 1. The summed E-state index contributed by atoms with van der Waals surface area (Å²) in [6.07, 6.45) is 0.766. The lowest BCUT2D eigenvalue weighted by atomic mass is 10.1. The molecule has 1 amide bonds. The maximum atomic E-state index is 12.0. The van der Waals surface area contributed by atoms with Gasteiger partial charge in [-0.1, -0.05) is 45.8 Å². The molecule has 0 spiro atoms. The number of halogens is 1. The minimum Gasteiger partial charge on any atom is -0.507 e. The molecule has 0 heterocycles. The second-order valence-electron chi connectivity index (χ2n) is 4.66. The monoisotopic (exact) mass is 333 g/mol. The lowest BCUT2D eigenvalue weighted by Gasteiger charge is -2.08. The van der Waals surface area contributed by atoms with Crippen LogP contribution in [0.3, 0.4) is 0 Å². The SMILES string of the molecule is Cc1cccc(CCNC(=O)c2cc(Br)ccc2O)c1. The van der Waals surface area contributed by atoms with Crippen molar-refractivity contribution in [2.75, 3.05) is 6.54 Å². The molecule has 0 aliphatic rings. The predicted octanol–water partition coefficient (Wildman–Crippen LogP) is 3.44. The molecular formula is C16H16BrNO2. The van der Waals surface area contributed by atoms with E-state index < -0.39 is 0 Å². The van der Waals surface area contributed by atoms with Crippen LogP contribution in [0.25, 0.3) is 0 Å². The van der Waals surface area contributed by atoms with Crippen molar-refractivity contribution in [3.63, 3.8) is 0 Å². The molecule has 104 valence electrons. The van der Waals surface area contributed by atoms with Crippen LogP contribution in [-0.2, 0) is 6.42 Å². The minimum absolute atomic E-state index is 0.0127. The van der Waals surface area contributed by atoms with E-state index >= 15 is 0 Å². The van der Waals surface area contributed by atoms with Gasteiger partial charge in [-0.3, -0.25) is 4.79 Å². The molecular weight excluding hydrogens is 318 g/mol. The van der Waals surface area contributed by atoms with Crippen molar-refractivity contribution in [2.24, 2.45) is 0 Å². The van der Waals surface area contributed by atoms with Gasteiger partial charge in [-0.05, 0) is 37.1 Å². The van der Waals surface area contributed by atoms with Gasteiger partial charge < -0.3 is 10.4 Å². The van der Waals surface area contributed by atoms with Crippen molar-refractivity contribution in [1.29, 1.82) is 0 Å². The Kier molecular flexibility index (Phi) is 4.79. The first-order valence-electron chi connectivity index (χ1n) is 6.38. The Morgan fingerprint density at radius 1 is 1.25 bits per heavy atom. The van der Waals surface area contributed by atoms with Gasteiger partial charge in [0.15, 0.2) is 0 Å². The van der Waals surface area contributed by atoms with E-state index in [9.17, 15) is 9.90 Å². The van der Waals surface area contributed by atoms with Crippen molar-refractivity contribution < 1.29 is 9.90 Å².